The van der Waals surface area contributed by atoms with Gasteiger partial charge in [0.1, 0.15) is 0 Å². The van der Waals surface area contributed by atoms with Crippen LogP contribution in [-0.2, 0) is 11.8 Å². The maximum Gasteiger partial charge on any atom is -0.0108 e. The molecule has 0 heterocycles. The predicted molar refractivity (Wildman–Crippen MR) is 135 cm³/mol. The van der Waals surface area contributed by atoms with Gasteiger partial charge in [-0.3, -0.25) is 0 Å². The van der Waals surface area contributed by atoms with Crippen LogP contribution in [0.5, 0.6) is 0 Å². The first-order valence-electron chi connectivity index (χ1n) is 11.4. The van der Waals surface area contributed by atoms with E-state index in [2.05, 4.69) is 112 Å². The fraction of sp³-hybridized carbons (Fsp3) is 0.467. The molecule has 0 saturated heterocycles. The molecule has 0 aromatic heterocycles. The molecule has 0 spiro atoms. The molecule has 160 valence electrons. The number of allylic oxidation sites excluding steroid dienone is 1. The molecule has 0 atom stereocenters. The van der Waals surface area contributed by atoms with E-state index in [0.717, 1.165) is 11.6 Å². The average Bonchev–Trinajstić information content (AvgIpc) is 2.59. The molecular formula is C30H40. The van der Waals surface area contributed by atoms with E-state index < -0.39 is 0 Å². The van der Waals surface area contributed by atoms with E-state index in [0.29, 0.717) is 0 Å². The molecule has 0 saturated carbocycles. The van der Waals surface area contributed by atoms with Crippen molar-refractivity contribution in [2.24, 2.45) is 10.8 Å². The minimum Gasteiger partial charge on any atom is -0.0905 e. The van der Waals surface area contributed by atoms with Gasteiger partial charge in [-0.2, -0.15) is 0 Å². The summed E-state index contributed by atoms with van der Waals surface area (Å²) in [6.07, 6.45) is 3.51. The molecule has 0 heteroatoms. The fourth-order valence-corrected chi connectivity index (χ4v) is 4.74. The Morgan fingerprint density at radius 2 is 1.40 bits per heavy atom. The van der Waals surface area contributed by atoms with Crippen LogP contribution < -0.4 is 10.4 Å². The van der Waals surface area contributed by atoms with Crippen molar-refractivity contribution in [2.75, 3.05) is 0 Å². The Labute approximate surface area is 184 Å². The van der Waals surface area contributed by atoms with E-state index in [1.54, 1.807) is 0 Å². The molecule has 1 aliphatic rings. The van der Waals surface area contributed by atoms with Gasteiger partial charge in [-0.05, 0) is 72.1 Å². The third kappa shape index (κ3) is 3.94. The Bertz CT molecular complexity index is 1120. The van der Waals surface area contributed by atoms with Gasteiger partial charge in [0.2, 0.25) is 0 Å². The largest absolute Gasteiger partial charge is 0.0905 e. The first-order chi connectivity index (χ1) is 13.7. The standard InChI is InChI=1S/C30H40/c1-12-22-20-16-21(28(3,4)5)18-25(22)23-14-13-15-24(19(23)2)27(30(9,10)11)26(17-20)29(6,7)8/h13-18H,2,12H2,1,3-11H3/b26-17+,27-24+. The van der Waals surface area contributed by atoms with E-state index in [1.165, 1.54) is 44.2 Å². The topological polar surface area (TPSA) is 0 Å². The van der Waals surface area contributed by atoms with Gasteiger partial charge in [0.25, 0.3) is 0 Å². The second-order valence-corrected chi connectivity index (χ2v) is 12.0. The lowest BCUT2D eigenvalue weighted by atomic mass is 9.71. The summed E-state index contributed by atoms with van der Waals surface area (Å²) in [7, 11) is 0. The van der Waals surface area contributed by atoms with Crippen LogP contribution in [0.15, 0.2) is 35.9 Å². The van der Waals surface area contributed by atoms with Crippen LogP contribution in [-0.4, -0.2) is 0 Å². The molecule has 0 N–H and O–H groups in total. The lowest BCUT2D eigenvalue weighted by Gasteiger charge is -2.34. The first-order valence-corrected chi connectivity index (χ1v) is 11.4. The van der Waals surface area contributed by atoms with Gasteiger partial charge in [-0.15, -0.1) is 0 Å². The van der Waals surface area contributed by atoms with Crippen molar-refractivity contribution in [2.45, 2.75) is 81.1 Å². The molecule has 4 bridgehead atoms. The summed E-state index contributed by atoms with van der Waals surface area (Å²) in [5.74, 6) is 0. The van der Waals surface area contributed by atoms with Crippen molar-refractivity contribution in [1.29, 1.82) is 0 Å². The average molecular weight is 401 g/mol. The normalized spacial score (nSPS) is 18.3. The van der Waals surface area contributed by atoms with Gasteiger partial charge >= 0.3 is 0 Å². The molecule has 0 fully saturated rings. The summed E-state index contributed by atoms with van der Waals surface area (Å²) in [4.78, 5) is 0. The third-order valence-corrected chi connectivity index (χ3v) is 6.37. The second kappa shape index (κ2) is 7.26. The molecule has 0 nitrogen and oxygen atoms in total. The van der Waals surface area contributed by atoms with Crippen molar-refractivity contribution in [3.8, 4) is 11.1 Å². The summed E-state index contributed by atoms with van der Waals surface area (Å²) in [5.41, 5.74) is 9.80. The van der Waals surface area contributed by atoms with Gasteiger partial charge in [-0.1, -0.05) is 112 Å². The van der Waals surface area contributed by atoms with Crippen molar-refractivity contribution in [3.05, 3.63) is 63.0 Å². The van der Waals surface area contributed by atoms with Crippen LogP contribution in [0.25, 0.3) is 29.4 Å². The van der Waals surface area contributed by atoms with E-state index in [9.17, 15) is 0 Å². The minimum absolute atomic E-state index is 0.0144. The highest BCUT2D eigenvalue weighted by atomic mass is 14.3. The van der Waals surface area contributed by atoms with Crippen LogP contribution in [0.3, 0.4) is 0 Å². The molecule has 2 aromatic rings. The highest BCUT2D eigenvalue weighted by Crippen LogP contribution is 2.44. The molecule has 0 aliphatic heterocycles. The Hall–Kier alpha value is -2.08. The van der Waals surface area contributed by atoms with Crippen LogP contribution in [0, 0.1) is 10.8 Å². The van der Waals surface area contributed by atoms with E-state index >= 15 is 0 Å². The van der Waals surface area contributed by atoms with E-state index in [4.69, 9.17) is 0 Å². The molecule has 0 radical (unpaired) electrons. The smallest absolute Gasteiger partial charge is 0.0108 e. The van der Waals surface area contributed by atoms with Gasteiger partial charge in [0, 0.05) is 0 Å². The monoisotopic (exact) mass is 400 g/mol. The molecule has 30 heavy (non-hydrogen) atoms. The molecule has 3 rings (SSSR count). The molecular weight excluding hydrogens is 360 g/mol. The van der Waals surface area contributed by atoms with Crippen LogP contribution in [0.2, 0.25) is 0 Å². The summed E-state index contributed by atoms with van der Waals surface area (Å²) < 4.78 is 0. The van der Waals surface area contributed by atoms with Crippen molar-refractivity contribution in [1.82, 2.24) is 0 Å². The number of fused-ring (bicyclic) bond motifs is 5. The Morgan fingerprint density at radius 3 is 1.90 bits per heavy atom. The fourth-order valence-electron chi connectivity index (χ4n) is 4.74. The van der Waals surface area contributed by atoms with Crippen LogP contribution in [0.4, 0.5) is 0 Å². The number of rotatable bonds is 1. The van der Waals surface area contributed by atoms with Crippen LogP contribution >= 0.6 is 0 Å². The highest BCUT2D eigenvalue weighted by molar-refractivity contribution is 5.84. The number of benzene rings is 2. The molecule has 0 unspecified atom stereocenters. The SMILES string of the molecule is C=c1c2ccc/c1=C(C(C)(C)C)/C(C(C)(C)C)=C\c1cc(C(C)(C)C)cc-2c1CC. The van der Waals surface area contributed by atoms with Crippen molar-refractivity contribution < 1.29 is 0 Å². The maximum atomic E-state index is 4.64. The van der Waals surface area contributed by atoms with Crippen LogP contribution in [0.1, 0.15) is 85.9 Å². The van der Waals surface area contributed by atoms with Gasteiger partial charge in [-0.25, -0.2) is 0 Å². The third-order valence-electron chi connectivity index (χ3n) is 6.37. The zero-order chi connectivity index (χ0) is 22.6. The Morgan fingerprint density at radius 1 is 0.767 bits per heavy atom. The lowest BCUT2D eigenvalue weighted by Crippen LogP contribution is -2.34. The molecule has 0 amide bonds. The van der Waals surface area contributed by atoms with Crippen molar-refractivity contribution >= 4 is 18.2 Å². The maximum absolute atomic E-state index is 4.64. The van der Waals surface area contributed by atoms with Gasteiger partial charge < -0.3 is 0 Å². The van der Waals surface area contributed by atoms with E-state index in [-0.39, 0.29) is 16.2 Å². The summed E-state index contributed by atoms with van der Waals surface area (Å²) in [5, 5.41) is 2.45. The molecule has 2 aromatic carbocycles. The first kappa shape index (κ1) is 22.6. The number of hydrogen-bond acceptors (Lipinski definition) is 0. The van der Waals surface area contributed by atoms with Gasteiger partial charge in [0.05, 0.1) is 0 Å². The summed E-state index contributed by atoms with van der Waals surface area (Å²) >= 11 is 0. The second-order valence-electron chi connectivity index (χ2n) is 12.0. The highest BCUT2D eigenvalue weighted by Gasteiger charge is 2.31. The number of hydrogen-bond donors (Lipinski definition) is 0. The Kier molecular flexibility index (Phi) is 5.47. The Balaban J connectivity index is 2.68. The van der Waals surface area contributed by atoms with Gasteiger partial charge in [0.15, 0.2) is 0 Å². The summed E-state index contributed by atoms with van der Waals surface area (Å²) in [6.45, 7) is 27.9. The predicted octanol–water partition coefficient (Wildman–Crippen LogP) is 7.26. The molecule has 1 aliphatic carbocycles. The minimum atomic E-state index is 0.0144. The zero-order valence-electron chi connectivity index (χ0n) is 20.9. The van der Waals surface area contributed by atoms with E-state index in [1.807, 2.05) is 0 Å². The van der Waals surface area contributed by atoms with Crippen molar-refractivity contribution in [3.63, 3.8) is 0 Å². The lowest BCUT2D eigenvalue weighted by molar-refractivity contribution is 0.487. The summed E-state index contributed by atoms with van der Waals surface area (Å²) in [6, 6.07) is 11.6. The quantitative estimate of drug-likeness (QED) is 0.472. The zero-order valence-corrected chi connectivity index (χ0v) is 20.9.